The van der Waals surface area contributed by atoms with Crippen molar-refractivity contribution < 1.29 is 9.18 Å². The Hall–Kier alpha value is -2.21. The summed E-state index contributed by atoms with van der Waals surface area (Å²) < 4.78 is 13.3. The van der Waals surface area contributed by atoms with Crippen LogP contribution in [0.25, 0.3) is 0 Å². The highest BCUT2D eigenvalue weighted by atomic mass is 19.1. The monoisotopic (exact) mass is 316 g/mol. The quantitative estimate of drug-likeness (QED) is 0.946. The third-order valence-corrected chi connectivity index (χ3v) is 4.44. The van der Waals surface area contributed by atoms with Crippen molar-refractivity contribution in [1.82, 2.24) is 19.8 Å². The van der Waals surface area contributed by atoms with E-state index in [9.17, 15) is 9.18 Å². The number of imidazole rings is 1. The SMILES string of the molecule is CCN1CCN(C(=O)c2ccc(F)cc2C)C[C@H]1c1ncc[nH]1. The molecule has 122 valence electrons. The Kier molecular flexibility index (Phi) is 4.43. The standard InChI is InChI=1S/C17H21FN4O/c1-3-21-8-9-22(11-15(21)16-19-6-7-20-16)17(23)14-5-4-13(18)10-12(14)2/h4-7,10,15H,3,8-9,11H2,1-2H3,(H,19,20)/t15-/m0/s1. The molecular formula is C17H21FN4O. The zero-order valence-electron chi connectivity index (χ0n) is 13.4. The summed E-state index contributed by atoms with van der Waals surface area (Å²) in [7, 11) is 0. The van der Waals surface area contributed by atoms with E-state index in [1.807, 2.05) is 4.90 Å². The van der Waals surface area contributed by atoms with Gasteiger partial charge in [0.1, 0.15) is 11.6 Å². The zero-order valence-corrected chi connectivity index (χ0v) is 13.4. The Bertz CT molecular complexity index is 686. The molecule has 1 fully saturated rings. The van der Waals surface area contributed by atoms with Crippen LogP contribution >= 0.6 is 0 Å². The van der Waals surface area contributed by atoms with Crippen molar-refractivity contribution in [2.24, 2.45) is 0 Å². The molecule has 6 heteroatoms. The Labute approximate surface area is 135 Å². The van der Waals surface area contributed by atoms with E-state index in [4.69, 9.17) is 0 Å². The van der Waals surface area contributed by atoms with Crippen LogP contribution in [-0.2, 0) is 0 Å². The smallest absolute Gasteiger partial charge is 0.254 e. The largest absolute Gasteiger partial charge is 0.347 e. The fourth-order valence-electron chi connectivity index (χ4n) is 3.14. The number of hydrogen-bond donors (Lipinski definition) is 1. The Balaban J connectivity index is 1.82. The maximum absolute atomic E-state index is 13.3. The van der Waals surface area contributed by atoms with Gasteiger partial charge in [0.15, 0.2) is 0 Å². The third-order valence-electron chi connectivity index (χ3n) is 4.44. The van der Waals surface area contributed by atoms with Crippen molar-refractivity contribution in [3.63, 3.8) is 0 Å². The molecule has 1 aliphatic heterocycles. The topological polar surface area (TPSA) is 52.2 Å². The second kappa shape index (κ2) is 6.50. The molecule has 1 N–H and O–H groups in total. The number of carbonyl (C=O) groups is 1. The van der Waals surface area contributed by atoms with E-state index in [1.165, 1.54) is 12.1 Å². The molecule has 0 saturated carbocycles. The molecule has 3 rings (SSSR count). The van der Waals surface area contributed by atoms with Crippen molar-refractivity contribution in [2.75, 3.05) is 26.2 Å². The van der Waals surface area contributed by atoms with Gasteiger partial charge in [-0.15, -0.1) is 0 Å². The normalized spacial score (nSPS) is 19.1. The molecule has 0 radical (unpaired) electrons. The second-order valence-electron chi connectivity index (χ2n) is 5.83. The molecule has 1 atom stereocenters. The molecule has 1 saturated heterocycles. The number of nitrogens with one attached hydrogen (secondary N) is 1. The summed E-state index contributed by atoms with van der Waals surface area (Å²) in [5.74, 6) is 0.512. The molecule has 1 amide bonds. The molecule has 0 unspecified atom stereocenters. The van der Waals surface area contributed by atoms with E-state index in [2.05, 4.69) is 21.8 Å². The molecule has 5 nitrogen and oxygen atoms in total. The Morgan fingerprint density at radius 3 is 2.91 bits per heavy atom. The van der Waals surface area contributed by atoms with Crippen LogP contribution in [0, 0.1) is 12.7 Å². The number of aromatic amines is 1. The molecule has 2 heterocycles. The van der Waals surface area contributed by atoms with Crippen LogP contribution in [0.3, 0.4) is 0 Å². The molecule has 1 aromatic carbocycles. The summed E-state index contributed by atoms with van der Waals surface area (Å²) in [6.45, 7) is 6.83. The van der Waals surface area contributed by atoms with Gasteiger partial charge in [-0.1, -0.05) is 6.92 Å². The van der Waals surface area contributed by atoms with Crippen LogP contribution in [0.15, 0.2) is 30.6 Å². The van der Waals surface area contributed by atoms with Crippen LogP contribution in [0.1, 0.15) is 34.7 Å². The molecular weight excluding hydrogens is 295 g/mol. The number of H-pyrrole nitrogens is 1. The summed E-state index contributed by atoms with van der Waals surface area (Å²) >= 11 is 0. The second-order valence-corrected chi connectivity index (χ2v) is 5.83. The van der Waals surface area contributed by atoms with E-state index in [-0.39, 0.29) is 17.8 Å². The first-order chi connectivity index (χ1) is 11.1. The van der Waals surface area contributed by atoms with E-state index < -0.39 is 0 Å². The van der Waals surface area contributed by atoms with Crippen molar-refractivity contribution in [2.45, 2.75) is 19.9 Å². The van der Waals surface area contributed by atoms with E-state index in [1.54, 1.807) is 25.4 Å². The molecule has 1 aromatic heterocycles. The van der Waals surface area contributed by atoms with E-state index >= 15 is 0 Å². The fourth-order valence-corrected chi connectivity index (χ4v) is 3.14. The van der Waals surface area contributed by atoms with Gasteiger partial charge in [0, 0.05) is 37.6 Å². The summed E-state index contributed by atoms with van der Waals surface area (Å²) in [6, 6.07) is 4.38. The lowest BCUT2D eigenvalue weighted by atomic mass is 10.1. The van der Waals surface area contributed by atoms with Gasteiger partial charge in [-0.25, -0.2) is 9.37 Å². The van der Waals surface area contributed by atoms with Gasteiger partial charge in [-0.2, -0.15) is 0 Å². The number of likely N-dealkylation sites (N-methyl/N-ethyl adjacent to an activating group) is 1. The van der Waals surface area contributed by atoms with Gasteiger partial charge < -0.3 is 9.88 Å². The lowest BCUT2D eigenvalue weighted by Gasteiger charge is -2.40. The first-order valence-corrected chi connectivity index (χ1v) is 7.89. The maximum atomic E-state index is 13.3. The first kappa shape index (κ1) is 15.7. The van der Waals surface area contributed by atoms with Crippen LogP contribution in [0.4, 0.5) is 4.39 Å². The molecule has 2 aromatic rings. The van der Waals surface area contributed by atoms with Gasteiger partial charge in [0.2, 0.25) is 0 Å². The maximum Gasteiger partial charge on any atom is 0.254 e. The van der Waals surface area contributed by atoms with Crippen LogP contribution in [0.2, 0.25) is 0 Å². The molecule has 0 bridgehead atoms. The Morgan fingerprint density at radius 2 is 2.26 bits per heavy atom. The minimum atomic E-state index is -0.316. The van der Waals surface area contributed by atoms with Gasteiger partial charge in [-0.05, 0) is 37.2 Å². The number of aromatic nitrogens is 2. The number of nitrogens with zero attached hydrogens (tertiary/aromatic N) is 3. The van der Waals surface area contributed by atoms with Gasteiger partial charge in [0.25, 0.3) is 5.91 Å². The number of rotatable bonds is 3. The van der Waals surface area contributed by atoms with Crippen LogP contribution in [0.5, 0.6) is 0 Å². The van der Waals surface area contributed by atoms with Gasteiger partial charge in [-0.3, -0.25) is 9.69 Å². The van der Waals surface area contributed by atoms with Crippen molar-refractivity contribution in [1.29, 1.82) is 0 Å². The highest BCUT2D eigenvalue weighted by Crippen LogP contribution is 2.24. The van der Waals surface area contributed by atoms with Crippen molar-refractivity contribution in [3.05, 3.63) is 53.4 Å². The number of amides is 1. The van der Waals surface area contributed by atoms with Gasteiger partial charge >= 0.3 is 0 Å². The highest BCUT2D eigenvalue weighted by molar-refractivity contribution is 5.95. The number of halogens is 1. The minimum Gasteiger partial charge on any atom is -0.347 e. The average Bonchev–Trinajstić information content (AvgIpc) is 3.08. The minimum absolute atomic E-state index is 0.0465. The van der Waals surface area contributed by atoms with E-state index in [0.29, 0.717) is 24.2 Å². The summed E-state index contributed by atoms with van der Waals surface area (Å²) in [5, 5.41) is 0. The summed E-state index contributed by atoms with van der Waals surface area (Å²) in [4.78, 5) is 24.4. The predicted octanol–water partition coefficient (Wildman–Crippen LogP) is 2.38. The third kappa shape index (κ3) is 3.12. The van der Waals surface area contributed by atoms with E-state index in [0.717, 1.165) is 18.9 Å². The zero-order chi connectivity index (χ0) is 16.4. The lowest BCUT2D eigenvalue weighted by molar-refractivity contribution is 0.0479. The number of benzene rings is 1. The predicted molar refractivity (Wildman–Crippen MR) is 85.6 cm³/mol. The van der Waals surface area contributed by atoms with Crippen molar-refractivity contribution >= 4 is 5.91 Å². The first-order valence-electron chi connectivity index (χ1n) is 7.89. The molecule has 1 aliphatic rings. The summed E-state index contributed by atoms with van der Waals surface area (Å²) in [6.07, 6.45) is 3.53. The average molecular weight is 316 g/mol. The molecule has 0 spiro atoms. The Morgan fingerprint density at radius 1 is 1.43 bits per heavy atom. The highest BCUT2D eigenvalue weighted by Gasteiger charge is 2.31. The van der Waals surface area contributed by atoms with Crippen LogP contribution in [-0.4, -0.2) is 51.9 Å². The van der Waals surface area contributed by atoms with Crippen LogP contribution < -0.4 is 0 Å². The fraction of sp³-hybridized carbons (Fsp3) is 0.412. The number of piperazine rings is 1. The van der Waals surface area contributed by atoms with Gasteiger partial charge in [0.05, 0.1) is 6.04 Å². The molecule has 23 heavy (non-hydrogen) atoms. The number of aryl methyl sites for hydroxylation is 1. The molecule has 0 aliphatic carbocycles. The van der Waals surface area contributed by atoms with Crippen molar-refractivity contribution in [3.8, 4) is 0 Å². The summed E-state index contributed by atoms with van der Waals surface area (Å²) in [5.41, 5.74) is 1.23. The number of hydrogen-bond acceptors (Lipinski definition) is 3. The number of carbonyl (C=O) groups excluding carboxylic acids is 1. The lowest BCUT2D eigenvalue weighted by Crippen LogP contribution is -2.50.